The topological polar surface area (TPSA) is 75.6 Å². The summed E-state index contributed by atoms with van der Waals surface area (Å²) in [5, 5.41) is 12.4. The zero-order valence-corrected chi connectivity index (χ0v) is 13.8. The summed E-state index contributed by atoms with van der Waals surface area (Å²) in [6.45, 7) is 2.54. The van der Waals surface area contributed by atoms with E-state index < -0.39 is 11.5 Å². The predicted molar refractivity (Wildman–Crippen MR) is 87.2 cm³/mol. The lowest BCUT2D eigenvalue weighted by Gasteiger charge is -2.37. The van der Waals surface area contributed by atoms with Gasteiger partial charge < -0.3 is 15.2 Å². The Labute approximate surface area is 137 Å². The molecule has 0 aromatic heterocycles. The van der Waals surface area contributed by atoms with Crippen LogP contribution >= 0.6 is 0 Å². The molecule has 0 aliphatic heterocycles. The molecule has 0 spiro atoms. The second-order valence-electron chi connectivity index (χ2n) is 6.33. The summed E-state index contributed by atoms with van der Waals surface area (Å²) in [4.78, 5) is 24.3. The molecule has 0 atom stereocenters. The lowest BCUT2D eigenvalue weighted by molar-refractivity contribution is -0.146. The highest BCUT2D eigenvalue weighted by molar-refractivity contribution is 5.98. The van der Waals surface area contributed by atoms with Crippen LogP contribution in [0.5, 0.6) is 0 Å². The molecule has 1 fully saturated rings. The van der Waals surface area contributed by atoms with Crippen molar-refractivity contribution in [3.63, 3.8) is 0 Å². The molecule has 0 radical (unpaired) electrons. The van der Waals surface area contributed by atoms with E-state index in [1.807, 2.05) is 6.07 Å². The zero-order chi connectivity index (χ0) is 16.9. The molecule has 1 aliphatic carbocycles. The van der Waals surface area contributed by atoms with Crippen LogP contribution in [-0.2, 0) is 16.1 Å². The lowest BCUT2D eigenvalue weighted by Crippen LogP contribution is -2.56. The lowest BCUT2D eigenvalue weighted by atomic mass is 9.75. The summed E-state index contributed by atoms with van der Waals surface area (Å²) in [5.74, 6) is -0.710. The van der Waals surface area contributed by atoms with Crippen LogP contribution in [0.2, 0.25) is 0 Å². The second kappa shape index (κ2) is 7.59. The third kappa shape index (κ3) is 4.10. The van der Waals surface area contributed by atoms with E-state index in [2.05, 4.69) is 12.2 Å². The molecule has 2 N–H and O–H groups in total. The van der Waals surface area contributed by atoms with Gasteiger partial charge in [-0.1, -0.05) is 25.5 Å². The minimum Gasteiger partial charge on any atom is -0.480 e. The summed E-state index contributed by atoms with van der Waals surface area (Å²) in [5.41, 5.74) is 0.219. The summed E-state index contributed by atoms with van der Waals surface area (Å²) >= 11 is 0. The van der Waals surface area contributed by atoms with Crippen LogP contribution in [0.25, 0.3) is 0 Å². The van der Waals surface area contributed by atoms with Crippen LogP contribution in [0, 0.1) is 5.92 Å². The summed E-state index contributed by atoms with van der Waals surface area (Å²) < 4.78 is 5.07. The van der Waals surface area contributed by atoms with E-state index in [0.717, 1.165) is 24.8 Å². The van der Waals surface area contributed by atoms with Gasteiger partial charge in [0.25, 0.3) is 5.91 Å². The van der Waals surface area contributed by atoms with Gasteiger partial charge in [-0.15, -0.1) is 0 Å². The highest BCUT2D eigenvalue weighted by Gasteiger charge is 2.43. The molecule has 1 aliphatic rings. The third-order valence-electron chi connectivity index (χ3n) is 4.80. The van der Waals surface area contributed by atoms with Crippen LogP contribution in [0.15, 0.2) is 24.3 Å². The Kier molecular flexibility index (Phi) is 5.77. The van der Waals surface area contributed by atoms with Crippen molar-refractivity contribution in [1.29, 1.82) is 0 Å². The van der Waals surface area contributed by atoms with Gasteiger partial charge in [-0.05, 0) is 49.3 Å². The monoisotopic (exact) mass is 319 g/mol. The first-order valence-corrected chi connectivity index (χ1v) is 8.14. The van der Waals surface area contributed by atoms with E-state index in [9.17, 15) is 14.7 Å². The number of carboxylic acids is 1. The number of benzene rings is 1. The Morgan fingerprint density at radius 1 is 1.35 bits per heavy atom. The van der Waals surface area contributed by atoms with Gasteiger partial charge in [0.15, 0.2) is 0 Å². The Balaban J connectivity index is 2.13. The van der Waals surface area contributed by atoms with Crippen molar-refractivity contribution in [2.45, 2.75) is 51.2 Å². The fourth-order valence-corrected chi connectivity index (χ4v) is 3.23. The van der Waals surface area contributed by atoms with Crippen molar-refractivity contribution < 1.29 is 19.4 Å². The first kappa shape index (κ1) is 17.5. The number of aliphatic carboxylic acids is 1. The zero-order valence-electron chi connectivity index (χ0n) is 13.8. The largest absolute Gasteiger partial charge is 0.480 e. The Morgan fingerprint density at radius 3 is 2.61 bits per heavy atom. The molecule has 2 rings (SSSR count). The number of ether oxygens (including phenoxy) is 1. The fraction of sp³-hybridized carbons (Fsp3) is 0.556. The minimum absolute atomic E-state index is 0.333. The van der Waals surface area contributed by atoms with E-state index in [-0.39, 0.29) is 5.91 Å². The van der Waals surface area contributed by atoms with Crippen molar-refractivity contribution in [3.8, 4) is 0 Å². The maximum atomic E-state index is 12.5. The molecule has 1 saturated carbocycles. The van der Waals surface area contributed by atoms with Crippen molar-refractivity contribution in [3.05, 3.63) is 35.4 Å². The van der Waals surface area contributed by atoms with Crippen molar-refractivity contribution in [2.75, 3.05) is 7.11 Å². The number of nitrogens with one attached hydrogen (secondary N) is 1. The standard InChI is InChI=1S/C18H25NO4/c1-3-13-7-9-18(10-8-13,17(21)22)19-16(20)15-6-4-5-14(11-15)12-23-2/h4-6,11,13H,3,7-10,12H2,1-2H3,(H,19,20)(H,21,22). The van der Waals surface area contributed by atoms with Gasteiger partial charge >= 0.3 is 5.97 Å². The number of rotatable bonds is 6. The number of carboxylic acid groups (broad SMARTS) is 1. The molecular formula is C18H25NO4. The maximum Gasteiger partial charge on any atom is 0.329 e. The number of methoxy groups -OCH3 is 1. The van der Waals surface area contributed by atoms with Gasteiger partial charge in [0.1, 0.15) is 5.54 Å². The normalized spacial score (nSPS) is 24.2. The third-order valence-corrected chi connectivity index (χ3v) is 4.80. The molecular weight excluding hydrogens is 294 g/mol. The Bertz CT molecular complexity index is 562. The van der Waals surface area contributed by atoms with Gasteiger partial charge in [0, 0.05) is 12.7 Å². The van der Waals surface area contributed by atoms with Crippen LogP contribution in [-0.4, -0.2) is 29.6 Å². The molecule has 0 unspecified atom stereocenters. The summed E-state index contributed by atoms with van der Waals surface area (Å²) in [7, 11) is 1.60. The van der Waals surface area contributed by atoms with E-state index in [1.54, 1.807) is 25.3 Å². The molecule has 0 bridgehead atoms. The SMILES string of the molecule is CCC1CCC(NC(=O)c2cccc(COC)c2)(C(=O)O)CC1. The van der Waals surface area contributed by atoms with Gasteiger partial charge in [-0.3, -0.25) is 4.79 Å². The van der Waals surface area contributed by atoms with Gasteiger partial charge in [0.05, 0.1) is 6.61 Å². The van der Waals surface area contributed by atoms with Crippen molar-refractivity contribution in [2.24, 2.45) is 5.92 Å². The van der Waals surface area contributed by atoms with E-state index >= 15 is 0 Å². The predicted octanol–water partition coefficient (Wildman–Crippen LogP) is 2.99. The molecule has 5 nitrogen and oxygen atoms in total. The van der Waals surface area contributed by atoms with Crippen molar-refractivity contribution in [1.82, 2.24) is 5.32 Å². The average molecular weight is 319 g/mol. The Morgan fingerprint density at radius 2 is 2.04 bits per heavy atom. The van der Waals surface area contributed by atoms with E-state index in [1.165, 1.54) is 0 Å². The number of hydrogen-bond acceptors (Lipinski definition) is 3. The summed E-state index contributed by atoms with van der Waals surface area (Å²) in [6, 6.07) is 7.10. The van der Waals surface area contributed by atoms with Crippen LogP contribution in [0.4, 0.5) is 0 Å². The van der Waals surface area contributed by atoms with Crippen molar-refractivity contribution >= 4 is 11.9 Å². The number of hydrogen-bond donors (Lipinski definition) is 2. The molecule has 0 heterocycles. The smallest absolute Gasteiger partial charge is 0.329 e. The molecule has 23 heavy (non-hydrogen) atoms. The number of carbonyl (C=O) groups is 2. The average Bonchev–Trinajstić information content (AvgIpc) is 2.56. The highest BCUT2D eigenvalue weighted by Crippen LogP contribution is 2.34. The molecule has 1 aromatic carbocycles. The minimum atomic E-state index is -1.14. The second-order valence-corrected chi connectivity index (χ2v) is 6.33. The fourth-order valence-electron chi connectivity index (χ4n) is 3.23. The molecule has 0 saturated heterocycles. The van der Waals surface area contributed by atoms with E-state index in [4.69, 9.17) is 4.74 Å². The first-order chi connectivity index (χ1) is 11.0. The quantitative estimate of drug-likeness (QED) is 0.845. The molecule has 5 heteroatoms. The number of amides is 1. The van der Waals surface area contributed by atoms with Crippen LogP contribution < -0.4 is 5.32 Å². The molecule has 1 amide bonds. The molecule has 126 valence electrons. The van der Waals surface area contributed by atoms with Crippen LogP contribution in [0.1, 0.15) is 54.9 Å². The van der Waals surface area contributed by atoms with E-state index in [0.29, 0.717) is 30.9 Å². The van der Waals surface area contributed by atoms with Gasteiger partial charge in [0.2, 0.25) is 0 Å². The maximum absolute atomic E-state index is 12.5. The van der Waals surface area contributed by atoms with Gasteiger partial charge in [-0.2, -0.15) is 0 Å². The van der Waals surface area contributed by atoms with Crippen LogP contribution in [0.3, 0.4) is 0 Å². The highest BCUT2D eigenvalue weighted by atomic mass is 16.5. The number of carbonyl (C=O) groups excluding carboxylic acids is 1. The Hall–Kier alpha value is -1.88. The molecule has 1 aromatic rings. The first-order valence-electron chi connectivity index (χ1n) is 8.14. The summed E-state index contributed by atoms with van der Waals surface area (Å²) in [6.07, 6.45) is 3.72. The van der Waals surface area contributed by atoms with Gasteiger partial charge in [-0.25, -0.2) is 4.79 Å².